The maximum atomic E-state index is 13.7. The first-order valence-corrected chi connectivity index (χ1v) is 7.52. The van der Waals surface area contributed by atoms with Gasteiger partial charge in [-0.25, -0.2) is 4.39 Å². The van der Waals surface area contributed by atoms with E-state index in [2.05, 4.69) is 10.6 Å². The molecule has 1 heterocycles. The molecule has 0 aliphatic carbocycles. The van der Waals surface area contributed by atoms with Gasteiger partial charge in [0.25, 0.3) is 0 Å². The summed E-state index contributed by atoms with van der Waals surface area (Å²) in [5.41, 5.74) is 0.489. The molecule has 0 spiro atoms. The first-order valence-electron chi connectivity index (χ1n) is 7.52. The maximum Gasteiger partial charge on any atom is 0.240 e. The van der Waals surface area contributed by atoms with Crippen LogP contribution in [0.5, 0.6) is 0 Å². The Labute approximate surface area is 142 Å². The molecule has 23 heavy (non-hydrogen) atoms. The summed E-state index contributed by atoms with van der Waals surface area (Å²) in [6.45, 7) is 5.09. The van der Waals surface area contributed by atoms with Gasteiger partial charge in [-0.3, -0.25) is 9.59 Å². The monoisotopic (exact) mass is 343 g/mol. The number of nitrogens with one attached hydrogen (secondary N) is 2. The molecule has 1 aliphatic heterocycles. The van der Waals surface area contributed by atoms with Crippen LogP contribution in [-0.2, 0) is 16.1 Å². The van der Waals surface area contributed by atoms with Crippen molar-refractivity contribution in [3.63, 3.8) is 0 Å². The van der Waals surface area contributed by atoms with E-state index >= 15 is 0 Å². The summed E-state index contributed by atoms with van der Waals surface area (Å²) >= 11 is 0. The molecule has 5 nitrogen and oxygen atoms in total. The second-order valence-corrected chi connectivity index (χ2v) is 5.78. The fraction of sp³-hybridized carbons (Fsp3) is 0.500. The molecule has 2 rings (SSSR count). The van der Waals surface area contributed by atoms with Crippen LogP contribution in [-0.4, -0.2) is 41.9 Å². The van der Waals surface area contributed by atoms with Gasteiger partial charge in [0.15, 0.2) is 0 Å². The van der Waals surface area contributed by atoms with Crippen LogP contribution in [0.1, 0.15) is 25.8 Å². The zero-order valence-corrected chi connectivity index (χ0v) is 14.2. The molecule has 7 heteroatoms. The van der Waals surface area contributed by atoms with Gasteiger partial charge in [-0.2, -0.15) is 0 Å². The van der Waals surface area contributed by atoms with Gasteiger partial charge in [-0.1, -0.05) is 18.2 Å². The van der Waals surface area contributed by atoms with E-state index < -0.39 is 6.04 Å². The van der Waals surface area contributed by atoms with Crippen molar-refractivity contribution in [3.8, 4) is 0 Å². The van der Waals surface area contributed by atoms with Gasteiger partial charge < -0.3 is 15.5 Å². The van der Waals surface area contributed by atoms with E-state index in [1.54, 1.807) is 23.1 Å². The lowest BCUT2D eigenvalue weighted by atomic mass is 10.1. The fourth-order valence-corrected chi connectivity index (χ4v) is 2.51. The predicted octanol–water partition coefficient (Wildman–Crippen LogP) is 1.46. The molecular formula is C16H23ClFN3O2. The average molecular weight is 344 g/mol. The van der Waals surface area contributed by atoms with Gasteiger partial charge in [0.1, 0.15) is 5.82 Å². The summed E-state index contributed by atoms with van der Waals surface area (Å²) in [6, 6.07) is 5.93. The number of amides is 2. The molecule has 1 aromatic carbocycles. The third kappa shape index (κ3) is 5.48. The number of carbonyl (C=O) groups excluding carboxylic acids is 2. The molecular weight excluding hydrogens is 321 g/mol. The lowest BCUT2D eigenvalue weighted by molar-refractivity contribution is -0.138. The Morgan fingerprint density at radius 2 is 2.13 bits per heavy atom. The summed E-state index contributed by atoms with van der Waals surface area (Å²) in [6.07, 6.45) is 0.102. The first-order chi connectivity index (χ1) is 10.5. The Morgan fingerprint density at radius 1 is 1.43 bits per heavy atom. The second-order valence-electron chi connectivity index (χ2n) is 5.78. The number of hydrogen-bond acceptors (Lipinski definition) is 3. The molecule has 2 N–H and O–H groups in total. The number of piperazine rings is 1. The van der Waals surface area contributed by atoms with E-state index in [0.29, 0.717) is 18.7 Å². The number of carbonyl (C=O) groups is 2. The Balaban J connectivity index is 0.00000264. The third-order valence-corrected chi connectivity index (χ3v) is 3.54. The molecule has 1 aromatic rings. The lowest BCUT2D eigenvalue weighted by Gasteiger charge is -2.33. The highest BCUT2D eigenvalue weighted by atomic mass is 35.5. The van der Waals surface area contributed by atoms with Crippen molar-refractivity contribution in [1.29, 1.82) is 0 Å². The molecule has 2 amide bonds. The Kier molecular flexibility index (Phi) is 7.45. The Hall–Kier alpha value is -1.66. The Bertz CT molecular complexity index is 554. The van der Waals surface area contributed by atoms with Gasteiger partial charge in [0.05, 0.1) is 12.5 Å². The van der Waals surface area contributed by atoms with Crippen molar-refractivity contribution in [2.75, 3.05) is 13.1 Å². The highest BCUT2D eigenvalue weighted by Gasteiger charge is 2.30. The van der Waals surface area contributed by atoms with E-state index in [9.17, 15) is 14.0 Å². The second kappa shape index (κ2) is 8.84. The highest BCUT2D eigenvalue weighted by molar-refractivity contribution is 5.89. The minimum Gasteiger partial charge on any atom is -0.354 e. The van der Waals surface area contributed by atoms with Crippen molar-refractivity contribution < 1.29 is 14.0 Å². The van der Waals surface area contributed by atoms with E-state index in [1.165, 1.54) is 6.07 Å². The molecule has 0 bridgehead atoms. The lowest BCUT2D eigenvalue weighted by Crippen LogP contribution is -2.56. The van der Waals surface area contributed by atoms with Crippen LogP contribution in [0, 0.1) is 5.82 Å². The van der Waals surface area contributed by atoms with Crippen LogP contribution < -0.4 is 10.6 Å². The van der Waals surface area contributed by atoms with E-state index in [0.717, 1.165) is 0 Å². The van der Waals surface area contributed by atoms with E-state index in [4.69, 9.17) is 0 Å². The summed E-state index contributed by atoms with van der Waals surface area (Å²) < 4.78 is 13.7. The molecule has 1 fully saturated rings. The summed E-state index contributed by atoms with van der Waals surface area (Å²) in [4.78, 5) is 25.8. The zero-order chi connectivity index (χ0) is 16.1. The van der Waals surface area contributed by atoms with Gasteiger partial charge in [-0.15, -0.1) is 12.4 Å². The summed E-state index contributed by atoms with van der Waals surface area (Å²) in [5.74, 6) is -0.634. The number of rotatable bonds is 5. The number of nitrogens with zero attached hydrogens (tertiary/aromatic N) is 1. The zero-order valence-electron chi connectivity index (χ0n) is 13.3. The smallest absolute Gasteiger partial charge is 0.240 e. The summed E-state index contributed by atoms with van der Waals surface area (Å²) in [5, 5.41) is 5.83. The van der Waals surface area contributed by atoms with Crippen molar-refractivity contribution >= 4 is 24.2 Å². The van der Waals surface area contributed by atoms with Crippen molar-refractivity contribution in [1.82, 2.24) is 15.5 Å². The molecule has 0 radical (unpaired) electrons. The Morgan fingerprint density at radius 3 is 2.78 bits per heavy atom. The van der Waals surface area contributed by atoms with Crippen molar-refractivity contribution in [3.05, 3.63) is 35.6 Å². The maximum absolute atomic E-state index is 13.7. The minimum atomic E-state index is -0.542. The van der Waals surface area contributed by atoms with Crippen molar-refractivity contribution in [2.24, 2.45) is 0 Å². The van der Waals surface area contributed by atoms with E-state index in [1.807, 2.05) is 13.8 Å². The third-order valence-electron chi connectivity index (χ3n) is 3.54. The first kappa shape index (κ1) is 19.4. The molecule has 1 unspecified atom stereocenters. The van der Waals surface area contributed by atoms with Crippen LogP contribution in [0.2, 0.25) is 0 Å². The molecule has 128 valence electrons. The van der Waals surface area contributed by atoms with Crippen LogP contribution in [0.4, 0.5) is 4.39 Å². The standard InChI is InChI=1S/C16H22FN3O2.ClH/c1-11(2)19-15(21)9-14-16(22)20(8-7-18-14)10-12-5-3-4-6-13(12)17;/h3-6,11,14,18H,7-10H2,1-2H3,(H,19,21);1H. The van der Waals surface area contributed by atoms with Gasteiger partial charge in [-0.05, 0) is 19.9 Å². The van der Waals surface area contributed by atoms with Gasteiger partial charge >= 0.3 is 0 Å². The van der Waals surface area contributed by atoms with Crippen LogP contribution in [0.25, 0.3) is 0 Å². The number of hydrogen-bond donors (Lipinski definition) is 2. The minimum absolute atomic E-state index is 0. The topological polar surface area (TPSA) is 61.4 Å². The average Bonchev–Trinajstić information content (AvgIpc) is 2.44. The molecule has 1 atom stereocenters. The molecule has 1 saturated heterocycles. The number of benzene rings is 1. The summed E-state index contributed by atoms with van der Waals surface area (Å²) in [7, 11) is 0. The van der Waals surface area contributed by atoms with E-state index in [-0.39, 0.29) is 49.0 Å². The largest absolute Gasteiger partial charge is 0.354 e. The van der Waals surface area contributed by atoms with Gasteiger partial charge in [0.2, 0.25) is 11.8 Å². The normalized spacial score (nSPS) is 17.8. The van der Waals surface area contributed by atoms with Crippen LogP contribution >= 0.6 is 12.4 Å². The SMILES string of the molecule is CC(C)NC(=O)CC1NCCN(Cc2ccccc2F)C1=O.Cl. The molecule has 1 aliphatic rings. The predicted molar refractivity (Wildman–Crippen MR) is 88.8 cm³/mol. The molecule has 0 aromatic heterocycles. The van der Waals surface area contributed by atoms with Crippen molar-refractivity contribution in [2.45, 2.75) is 38.9 Å². The highest BCUT2D eigenvalue weighted by Crippen LogP contribution is 2.13. The fourth-order valence-electron chi connectivity index (χ4n) is 2.51. The van der Waals surface area contributed by atoms with Crippen LogP contribution in [0.3, 0.4) is 0 Å². The van der Waals surface area contributed by atoms with Crippen LogP contribution in [0.15, 0.2) is 24.3 Å². The van der Waals surface area contributed by atoms with Gasteiger partial charge in [0, 0.05) is 31.2 Å². The quantitative estimate of drug-likeness (QED) is 0.851. The number of halogens is 2. The molecule has 0 saturated carbocycles.